The normalized spacial score (nSPS) is 38.6. The van der Waals surface area contributed by atoms with Crippen LogP contribution >= 0.6 is 0 Å². The van der Waals surface area contributed by atoms with E-state index in [4.69, 9.17) is 0 Å². The van der Waals surface area contributed by atoms with E-state index in [1.165, 1.54) is 49.9 Å². The number of rotatable bonds is 4. The van der Waals surface area contributed by atoms with Crippen LogP contribution < -0.4 is 5.32 Å². The smallest absolute Gasteiger partial charge is 0.0625 e. The highest BCUT2D eigenvalue weighted by atomic mass is 15.3. The molecule has 4 bridgehead atoms. The first-order chi connectivity index (χ1) is 9.66. The fourth-order valence-corrected chi connectivity index (χ4v) is 5.51. The fraction of sp³-hybridized carbons (Fsp3) is 0.824. The molecule has 0 spiro atoms. The minimum atomic E-state index is 0.464. The zero-order valence-electron chi connectivity index (χ0n) is 12.9. The molecule has 4 aliphatic carbocycles. The molecule has 0 aliphatic heterocycles. The lowest BCUT2D eigenvalue weighted by atomic mass is 9.53. The fourth-order valence-electron chi connectivity index (χ4n) is 5.51. The van der Waals surface area contributed by atoms with E-state index in [0.29, 0.717) is 5.54 Å². The van der Waals surface area contributed by atoms with Gasteiger partial charge in [0.25, 0.3) is 0 Å². The molecule has 0 amide bonds. The Balaban J connectivity index is 1.47. The van der Waals surface area contributed by atoms with Gasteiger partial charge in [-0.05, 0) is 68.8 Å². The van der Waals surface area contributed by atoms with Crippen LogP contribution in [0.4, 0.5) is 0 Å². The zero-order chi connectivity index (χ0) is 13.7. The standard InChI is InChI=1S/C17H27N3/c1-3-15-7-16(20(2)19-15)11-18-17-8-12-4-13(9-17)6-14(5-12)10-17/h7,12-14,18H,3-6,8-11H2,1-2H3. The summed E-state index contributed by atoms with van der Waals surface area (Å²) in [6.07, 6.45) is 9.88. The molecule has 1 aromatic rings. The van der Waals surface area contributed by atoms with E-state index in [0.717, 1.165) is 30.7 Å². The van der Waals surface area contributed by atoms with E-state index in [1.807, 2.05) is 0 Å². The molecule has 1 heterocycles. The SMILES string of the molecule is CCc1cc(CNC23CC4CC(CC(C4)C2)C3)n(C)n1. The number of nitrogens with one attached hydrogen (secondary N) is 1. The first-order valence-electron chi connectivity index (χ1n) is 8.42. The minimum absolute atomic E-state index is 0.464. The van der Waals surface area contributed by atoms with Crippen molar-refractivity contribution in [3.05, 3.63) is 17.5 Å². The third kappa shape index (κ3) is 2.11. The summed E-state index contributed by atoms with van der Waals surface area (Å²) in [5, 5.41) is 8.53. The second kappa shape index (κ2) is 4.59. The molecule has 1 N–H and O–H groups in total. The van der Waals surface area contributed by atoms with Gasteiger partial charge in [-0.25, -0.2) is 0 Å². The second-order valence-corrected chi connectivity index (χ2v) is 7.66. The lowest BCUT2D eigenvalue weighted by Crippen LogP contribution is -2.58. The molecule has 0 radical (unpaired) electrons. The maximum absolute atomic E-state index is 4.57. The minimum Gasteiger partial charge on any atom is -0.306 e. The third-order valence-corrected chi connectivity index (χ3v) is 6.07. The van der Waals surface area contributed by atoms with Gasteiger partial charge in [0.2, 0.25) is 0 Å². The van der Waals surface area contributed by atoms with Crippen molar-refractivity contribution in [3.8, 4) is 0 Å². The molecule has 110 valence electrons. The predicted molar refractivity (Wildman–Crippen MR) is 80.3 cm³/mol. The molecule has 4 fully saturated rings. The average Bonchev–Trinajstić information content (AvgIpc) is 2.76. The zero-order valence-corrected chi connectivity index (χ0v) is 12.9. The number of hydrogen-bond donors (Lipinski definition) is 1. The lowest BCUT2D eigenvalue weighted by molar-refractivity contribution is -0.0208. The summed E-state index contributed by atoms with van der Waals surface area (Å²) in [4.78, 5) is 0. The number of hydrogen-bond acceptors (Lipinski definition) is 2. The van der Waals surface area contributed by atoms with Gasteiger partial charge >= 0.3 is 0 Å². The average molecular weight is 273 g/mol. The van der Waals surface area contributed by atoms with Crippen LogP contribution in [-0.4, -0.2) is 15.3 Å². The highest BCUT2D eigenvalue weighted by Crippen LogP contribution is 2.55. The van der Waals surface area contributed by atoms with Gasteiger partial charge in [-0.1, -0.05) is 6.92 Å². The van der Waals surface area contributed by atoms with E-state index in [1.54, 1.807) is 0 Å². The number of aryl methyl sites for hydroxylation is 2. The maximum atomic E-state index is 4.57. The van der Waals surface area contributed by atoms with Gasteiger partial charge in [-0.2, -0.15) is 5.10 Å². The van der Waals surface area contributed by atoms with E-state index >= 15 is 0 Å². The van der Waals surface area contributed by atoms with Gasteiger partial charge in [0.05, 0.1) is 11.4 Å². The van der Waals surface area contributed by atoms with Crippen molar-refractivity contribution in [2.45, 2.75) is 64.0 Å². The van der Waals surface area contributed by atoms with Crippen LogP contribution in [0.15, 0.2) is 6.07 Å². The summed E-state index contributed by atoms with van der Waals surface area (Å²) < 4.78 is 2.06. The Labute approximate surface area is 122 Å². The van der Waals surface area contributed by atoms with Crippen LogP contribution in [-0.2, 0) is 20.0 Å². The Morgan fingerprint density at radius 1 is 1.20 bits per heavy atom. The summed E-state index contributed by atoms with van der Waals surface area (Å²) in [6.45, 7) is 3.17. The first-order valence-corrected chi connectivity index (χ1v) is 8.42. The highest BCUT2D eigenvalue weighted by Gasteiger charge is 2.50. The third-order valence-electron chi connectivity index (χ3n) is 6.07. The monoisotopic (exact) mass is 273 g/mol. The van der Waals surface area contributed by atoms with Crippen LogP contribution in [0, 0.1) is 17.8 Å². The molecular formula is C17H27N3. The van der Waals surface area contributed by atoms with Crippen LogP contribution in [0.5, 0.6) is 0 Å². The largest absolute Gasteiger partial charge is 0.306 e. The van der Waals surface area contributed by atoms with Crippen molar-refractivity contribution in [1.82, 2.24) is 15.1 Å². The summed E-state index contributed by atoms with van der Waals surface area (Å²) in [5.41, 5.74) is 3.03. The Morgan fingerprint density at radius 3 is 2.30 bits per heavy atom. The molecule has 20 heavy (non-hydrogen) atoms. The molecule has 5 rings (SSSR count). The van der Waals surface area contributed by atoms with Crippen molar-refractivity contribution in [1.29, 1.82) is 0 Å². The number of nitrogens with zero attached hydrogens (tertiary/aromatic N) is 2. The molecule has 0 aromatic carbocycles. The second-order valence-electron chi connectivity index (χ2n) is 7.66. The van der Waals surface area contributed by atoms with Crippen LogP contribution in [0.2, 0.25) is 0 Å². The first kappa shape index (κ1) is 12.9. The summed E-state index contributed by atoms with van der Waals surface area (Å²) in [7, 11) is 2.08. The van der Waals surface area contributed by atoms with E-state index in [2.05, 4.69) is 35.1 Å². The topological polar surface area (TPSA) is 29.9 Å². The van der Waals surface area contributed by atoms with Crippen molar-refractivity contribution >= 4 is 0 Å². The Kier molecular flexibility index (Phi) is 2.95. The van der Waals surface area contributed by atoms with Gasteiger partial charge in [0.15, 0.2) is 0 Å². The lowest BCUT2D eigenvalue weighted by Gasteiger charge is -2.57. The van der Waals surface area contributed by atoms with Gasteiger partial charge in [-0.15, -0.1) is 0 Å². The van der Waals surface area contributed by atoms with Gasteiger partial charge in [0.1, 0.15) is 0 Å². The molecule has 0 atom stereocenters. The molecule has 3 nitrogen and oxygen atoms in total. The Morgan fingerprint density at radius 2 is 1.80 bits per heavy atom. The summed E-state index contributed by atoms with van der Waals surface area (Å²) >= 11 is 0. The van der Waals surface area contributed by atoms with E-state index in [9.17, 15) is 0 Å². The summed E-state index contributed by atoms with van der Waals surface area (Å²) in [5.74, 6) is 3.06. The molecule has 0 saturated heterocycles. The van der Waals surface area contributed by atoms with Crippen LogP contribution in [0.3, 0.4) is 0 Å². The highest BCUT2D eigenvalue weighted by molar-refractivity contribution is 5.12. The van der Waals surface area contributed by atoms with Crippen molar-refractivity contribution in [2.75, 3.05) is 0 Å². The number of aromatic nitrogens is 2. The van der Waals surface area contributed by atoms with Crippen molar-refractivity contribution in [2.24, 2.45) is 24.8 Å². The quantitative estimate of drug-likeness (QED) is 0.914. The van der Waals surface area contributed by atoms with Crippen LogP contribution in [0.1, 0.15) is 56.8 Å². The van der Waals surface area contributed by atoms with Crippen molar-refractivity contribution in [3.63, 3.8) is 0 Å². The summed E-state index contributed by atoms with van der Waals surface area (Å²) in [6, 6.07) is 2.27. The van der Waals surface area contributed by atoms with Gasteiger partial charge in [-0.3, -0.25) is 4.68 Å². The van der Waals surface area contributed by atoms with E-state index < -0.39 is 0 Å². The van der Waals surface area contributed by atoms with Crippen molar-refractivity contribution < 1.29 is 0 Å². The predicted octanol–water partition coefficient (Wildman–Crippen LogP) is 3.04. The van der Waals surface area contributed by atoms with Gasteiger partial charge < -0.3 is 5.32 Å². The maximum Gasteiger partial charge on any atom is 0.0625 e. The molecular weight excluding hydrogens is 246 g/mol. The Hall–Kier alpha value is -0.830. The van der Waals surface area contributed by atoms with E-state index in [-0.39, 0.29) is 0 Å². The molecule has 0 unspecified atom stereocenters. The molecule has 3 heteroatoms. The Bertz CT molecular complexity index is 467. The molecule has 4 aliphatic rings. The van der Waals surface area contributed by atoms with Gasteiger partial charge in [0, 0.05) is 19.1 Å². The molecule has 4 saturated carbocycles. The molecule has 1 aromatic heterocycles. The van der Waals surface area contributed by atoms with Crippen LogP contribution in [0.25, 0.3) is 0 Å².